The molecule has 0 spiro atoms. The van der Waals surface area contributed by atoms with E-state index in [0.29, 0.717) is 18.2 Å². The fourth-order valence-electron chi connectivity index (χ4n) is 3.16. The minimum absolute atomic E-state index is 0.176. The van der Waals surface area contributed by atoms with Gasteiger partial charge < -0.3 is 14.6 Å². The Morgan fingerprint density at radius 3 is 2.40 bits per heavy atom. The zero-order valence-electron chi connectivity index (χ0n) is 15.9. The third-order valence-corrected chi connectivity index (χ3v) is 4.75. The fraction of sp³-hybridized carbons (Fsp3) is 0.600. The molecule has 1 unspecified atom stereocenters. The molecule has 0 aliphatic carbocycles. The van der Waals surface area contributed by atoms with Crippen molar-refractivity contribution < 1.29 is 14.6 Å². The first kappa shape index (κ1) is 19.4. The summed E-state index contributed by atoms with van der Waals surface area (Å²) in [5.41, 5.74) is 0.354. The molecule has 0 saturated carbocycles. The SMILES string of the molecule is COC1=N[C@@](C)(C(O)CCCc2ccccc2)C(OC)=N[C@@H]1C(C)C. The maximum absolute atomic E-state index is 10.8. The predicted octanol–water partition coefficient (Wildman–Crippen LogP) is 3.26. The Morgan fingerprint density at radius 2 is 1.84 bits per heavy atom. The van der Waals surface area contributed by atoms with Crippen LogP contribution in [-0.4, -0.2) is 48.8 Å². The van der Waals surface area contributed by atoms with E-state index in [4.69, 9.17) is 14.5 Å². The molecule has 5 heteroatoms. The molecule has 5 nitrogen and oxygen atoms in total. The minimum Gasteiger partial charge on any atom is -0.483 e. The highest BCUT2D eigenvalue weighted by Gasteiger charge is 2.44. The van der Waals surface area contributed by atoms with Crippen LogP contribution in [0.1, 0.15) is 39.2 Å². The number of ether oxygens (including phenoxy) is 2. The number of methoxy groups -OCH3 is 2. The van der Waals surface area contributed by atoms with Gasteiger partial charge in [-0.2, -0.15) is 0 Å². The number of nitrogens with zero attached hydrogens (tertiary/aromatic N) is 2. The Balaban J connectivity index is 2.11. The molecule has 2 rings (SSSR count). The van der Waals surface area contributed by atoms with Crippen molar-refractivity contribution in [2.75, 3.05) is 14.2 Å². The Hall–Kier alpha value is -1.88. The van der Waals surface area contributed by atoms with E-state index >= 15 is 0 Å². The van der Waals surface area contributed by atoms with Gasteiger partial charge in [0.1, 0.15) is 6.04 Å². The highest BCUT2D eigenvalue weighted by molar-refractivity contribution is 5.97. The maximum Gasteiger partial charge on any atom is 0.215 e. The highest BCUT2D eigenvalue weighted by Crippen LogP contribution is 2.29. The predicted molar refractivity (Wildman–Crippen MR) is 101 cm³/mol. The number of rotatable bonds is 6. The van der Waals surface area contributed by atoms with Gasteiger partial charge in [-0.3, -0.25) is 0 Å². The smallest absolute Gasteiger partial charge is 0.215 e. The van der Waals surface area contributed by atoms with Gasteiger partial charge in [0.15, 0.2) is 5.54 Å². The Kier molecular flexibility index (Phi) is 6.59. The number of aliphatic imine (C=N–C) groups is 2. The van der Waals surface area contributed by atoms with E-state index in [1.54, 1.807) is 14.2 Å². The van der Waals surface area contributed by atoms with Crippen LogP contribution in [0.15, 0.2) is 40.3 Å². The monoisotopic (exact) mass is 346 g/mol. The van der Waals surface area contributed by atoms with Crippen LogP contribution in [0, 0.1) is 5.92 Å². The molecule has 3 atom stereocenters. The molecular formula is C20H30N2O3. The van der Waals surface area contributed by atoms with Crippen molar-refractivity contribution in [2.45, 2.75) is 57.7 Å². The van der Waals surface area contributed by atoms with Gasteiger partial charge in [-0.25, -0.2) is 9.98 Å². The third kappa shape index (κ3) is 4.40. The Morgan fingerprint density at radius 1 is 1.16 bits per heavy atom. The van der Waals surface area contributed by atoms with Crippen molar-refractivity contribution in [3.8, 4) is 0 Å². The van der Waals surface area contributed by atoms with Crippen molar-refractivity contribution in [1.82, 2.24) is 0 Å². The van der Waals surface area contributed by atoms with Gasteiger partial charge in [0.25, 0.3) is 0 Å². The lowest BCUT2D eigenvalue weighted by molar-refractivity contribution is 0.101. The molecule has 1 aromatic carbocycles. The second-order valence-electron chi connectivity index (χ2n) is 7.02. The standard InChI is InChI=1S/C20H30N2O3/c1-14(2)17-18(24-4)22-20(3,19(21-17)25-5)16(23)13-9-12-15-10-7-6-8-11-15/h6-8,10-11,14,16-17,23H,9,12-13H2,1-5H3/t16?,17-,20+/m1/s1. The summed E-state index contributed by atoms with van der Waals surface area (Å²) in [5.74, 6) is 1.27. The Bertz CT molecular complexity index is 613. The van der Waals surface area contributed by atoms with Crippen LogP contribution in [0.2, 0.25) is 0 Å². The van der Waals surface area contributed by atoms with E-state index in [-0.39, 0.29) is 12.0 Å². The van der Waals surface area contributed by atoms with Crippen LogP contribution in [0.3, 0.4) is 0 Å². The summed E-state index contributed by atoms with van der Waals surface area (Å²) in [6, 6.07) is 10.1. The van der Waals surface area contributed by atoms with Crippen molar-refractivity contribution in [1.29, 1.82) is 0 Å². The van der Waals surface area contributed by atoms with E-state index in [9.17, 15) is 5.11 Å². The Labute approximate surface area is 150 Å². The van der Waals surface area contributed by atoms with Gasteiger partial charge in [-0.05, 0) is 37.7 Å². The summed E-state index contributed by atoms with van der Waals surface area (Å²) in [6.07, 6.45) is 1.71. The molecule has 1 N–H and O–H groups in total. The molecule has 0 bridgehead atoms. The number of benzene rings is 1. The second kappa shape index (κ2) is 8.48. The average Bonchev–Trinajstić information content (AvgIpc) is 2.61. The summed E-state index contributed by atoms with van der Waals surface area (Å²) in [4.78, 5) is 9.37. The second-order valence-corrected chi connectivity index (χ2v) is 7.02. The van der Waals surface area contributed by atoms with Crippen LogP contribution in [-0.2, 0) is 15.9 Å². The molecule has 0 aromatic heterocycles. The summed E-state index contributed by atoms with van der Waals surface area (Å²) in [5, 5.41) is 10.8. The summed E-state index contributed by atoms with van der Waals surface area (Å²) in [6.45, 7) is 5.99. The number of aliphatic hydroxyl groups is 1. The lowest BCUT2D eigenvalue weighted by Gasteiger charge is -2.36. The first-order chi connectivity index (χ1) is 11.9. The zero-order chi connectivity index (χ0) is 18.4. The van der Waals surface area contributed by atoms with Gasteiger partial charge in [0, 0.05) is 0 Å². The van der Waals surface area contributed by atoms with E-state index < -0.39 is 11.6 Å². The normalized spacial score (nSPS) is 24.5. The first-order valence-corrected chi connectivity index (χ1v) is 8.90. The zero-order valence-corrected chi connectivity index (χ0v) is 15.9. The van der Waals surface area contributed by atoms with Gasteiger partial charge in [-0.1, -0.05) is 44.2 Å². The summed E-state index contributed by atoms with van der Waals surface area (Å²) >= 11 is 0. The lowest BCUT2D eigenvalue weighted by atomic mass is 9.88. The van der Waals surface area contributed by atoms with E-state index in [2.05, 4.69) is 31.0 Å². The van der Waals surface area contributed by atoms with Crippen molar-refractivity contribution >= 4 is 11.8 Å². The van der Waals surface area contributed by atoms with Crippen molar-refractivity contribution in [3.05, 3.63) is 35.9 Å². The van der Waals surface area contributed by atoms with Crippen LogP contribution in [0.25, 0.3) is 0 Å². The minimum atomic E-state index is -0.915. The van der Waals surface area contributed by atoms with Gasteiger partial charge in [0.2, 0.25) is 11.8 Å². The quantitative estimate of drug-likeness (QED) is 0.860. The van der Waals surface area contributed by atoms with Crippen molar-refractivity contribution in [3.63, 3.8) is 0 Å². The number of hydrogen-bond donors (Lipinski definition) is 1. The molecule has 138 valence electrons. The topological polar surface area (TPSA) is 63.4 Å². The molecule has 0 amide bonds. The van der Waals surface area contributed by atoms with Gasteiger partial charge in [0.05, 0.1) is 20.3 Å². The van der Waals surface area contributed by atoms with Crippen LogP contribution < -0.4 is 0 Å². The molecule has 0 fully saturated rings. The van der Waals surface area contributed by atoms with Gasteiger partial charge in [-0.15, -0.1) is 0 Å². The highest BCUT2D eigenvalue weighted by atomic mass is 16.5. The number of hydrogen-bond acceptors (Lipinski definition) is 5. The molecule has 1 aliphatic rings. The van der Waals surface area contributed by atoms with E-state index in [1.165, 1.54) is 5.56 Å². The van der Waals surface area contributed by atoms with Crippen LogP contribution >= 0.6 is 0 Å². The molecule has 1 aliphatic heterocycles. The fourth-order valence-corrected chi connectivity index (χ4v) is 3.16. The largest absolute Gasteiger partial charge is 0.483 e. The maximum atomic E-state index is 10.8. The molecule has 0 saturated heterocycles. The van der Waals surface area contributed by atoms with Crippen molar-refractivity contribution in [2.24, 2.45) is 15.9 Å². The molecular weight excluding hydrogens is 316 g/mol. The first-order valence-electron chi connectivity index (χ1n) is 8.90. The summed E-state index contributed by atoms with van der Waals surface area (Å²) < 4.78 is 10.9. The third-order valence-electron chi connectivity index (χ3n) is 4.75. The van der Waals surface area contributed by atoms with E-state index in [0.717, 1.165) is 12.8 Å². The molecule has 0 radical (unpaired) electrons. The van der Waals surface area contributed by atoms with Crippen LogP contribution in [0.4, 0.5) is 0 Å². The number of aryl methyl sites for hydroxylation is 1. The van der Waals surface area contributed by atoms with Gasteiger partial charge >= 0.3 is 0 Å². The van der Waals surface area contributed by atoms with E-state index in [1.807, 2.05) is 25.1 Å². The summed E-state index contributed by atoms with van der Waals surface area (Å²) in [7, 11) is 3.18. The average molecular weight is 346 g/mol. The lowest BCUT2D eigenvalue weighted by Crippen LogP contribution is -2.51. The number of aliphatic hydroxyl groups excluding tert-OH is 1. The molecule has 1 aromatic rings. The molecule has 25 heavy (non-hydrogen) atoms. The molecule has 1 heterocycles. The van der Waals surface area contributed by atoms with Crippen LogP contribution in [0.5, 0.6) is 0 Å².